The first-order valence-electron chi connectivity index (χ1n) is 6.17. The van der Waals surface area contributed by atoms with Crippen molar-refractivity contribution in [3.8, 4) is 0 Å². The molecule has 0 saturated heterocycles. The van der Waals surface area contributed by atoms with E-state index in [1.165, 1.54) is 0 Å². The lowest BCUT2D eigenvalue weighted by Crippen LogP contribution is -2.22. The minimum atomic E-state index is 0.00801. The summed E-state index contributed by atoms with van der Waals surface area (Å²) in [5.74, 6) is 0.981. The molecule has 1 atom stereocenters. The Morgan fingerprint density at radius 2 is 2.28 bits per heavy atom. The zero-order valence-corrected chi connectivity index (χ0v) is 11.7. The van der Waals surface area contributed by atoms with Crippen LogP contribution in [-0.4, -0.2) is 16.8 Å². The van der Waals surface area contributed by atoms with Crippen LogP contribution in [0.2, 0.25) is 5.02 Å². The lowest BCUT2D eigenvalue weighted by molar-refractivity contribution is 0.498. The van der Waals surface area contributed by atoms with Crippen molar-refractivity contribution in [1.29, 1.82) is 0 Å². The Kier molecular flexibility index (Phi) is 4.09. The zero-order valence-electron chi connectivity index (χ0n) is 10.9. The van der Waals surface area contributed by atoms with Crippen molar-refractivity contribution in [1.82, 2.24) is 15.1 Å². The number of aryl methyl sites for hydroxylation is 2. The summed E-state index contributed by atoms with van der Waals surface area (Å²) in [4.78, 5) is 0. The van der Waals surface area contributed by atoms with Crippen LogP contribution >= 0.6 is 11.6 Å². The summed E-state index contributed by atoms with van der Waals surface area (Å²) in [5, 5.41) is 8.25. The first kappa shape index (κ1) is 13.2. The second-order valence-corrected chi connectivity index (χ2v) is 4.48. The van der Waals surface area contributed by atoms with Crippen LogP contribution in [-0.2, 0) is 13.0 Å². The summed E-state index contributed by atoms with van der Waals surface area (Å²) >= 11 is 6.26. The third kappa shape index (κ3) is 2.18. The van der Waals surface area contributed by atoms with Crippen LogP contribution < -0.4 is 5.32 Å². The number of rotatable bonds is 5. The standard InChI is InChI=1S/C13H18ClN3O/c1-4-11-9(6-7-18-11)12(15-3)13-10(14)8-16-17(13)5-2/h6-8,12,15H,4-5H2,1-3H3. The van der Waals surface area contributed by atoms with E-state index in [1.807, 2.05) is 17.8 Å². The van der Waals surface area contributed by atoms with E-state index in [4.69, 9.17) is 16.0 Å². The molecule has 2 rings (SSSR count). The SMILES string of the molecule is CCc1occc1C(NC)c1c(Cl)cnn1CC. The van der Waals surface area contributed by atoms with E-state index >= 15 is 0 Å². The maximum Gasteiger partial charge on any atom is 0.108 e. The Morgan fingerprint density at radius 3 is 2.89 bits per heavy atom. The van der Waals surface area contributed by atoms with Gasteiger partial charge in [-0.1, -0.05) is 18.5 Å². The average Bonchev–Trinajstić information content (AvgIpc) is 2.98. The molecule has 0 aromatic carbocycles. The van der Waals surface area contributed by atoms with Crippen molar-refractivity contribution in [3.63, 3.8) is 0 Å². The minimum Gasteiger partial charge on any atom is -0.469 e. The molecular weight excluding hydrogens is 250 g/mol. The Balaban J connectivity index is 2.48. The molecule has 4 nitrogen and oxygen atoms in total. The molecule has 5 heteroatoms. The molecule has 1 unspecified atom stereocenters. The molecule has 2 aromatic heterocycles. The molecule has 0 aliphatic carbocycles. The molecular formula is C13H18ClN3O. The maximum absolute atomic E-state index is 6.26. The second kappa shape index (κ2) is 5.59. The summed E-state index contributed by atoms with van der Waals surface area (Å²) in [6.07, 6.45) is 4.27. The van der Waals surface area contributed by atoms with Crippen molar-refractivity contribution in [2.24, 2.45) is 0 Å². The van der Waals surface area contributed by atoms with Crippen LogP contribution in [0.1, 0.15) is 36.9 Å². The molecule has 1 N–H and O–H groups in total. The Bertz CT molecular complexity index is 518. The molecule has 0 amide bonds. The molecule has 18 heavy (non-hydrogen) atoms. The maximum atomic E-state index is 6.26. The summed E-state index contributed by atoms with van der Waals surface area (Å²) in [7, 11) is 1.92. The van der Waals surface area contributed by atoms with Crippen LogP contribution in [0.4, 0.5) is 0 Å². The third-order valence-corrected chi connectivity index (χ3v) is 3.40. The van der Waals surface area contributed by atoms with E-state index < -0.39 is 0 Å². The highest BCUT2D eigenvalue weighted by atomic mass is 35.5. The molecule has 98 valence electrons. The van der Waals surface area contributed by atoms with Gasteiger partial charge in [-0.15, -0.1) is 0 Å². The van der Waals surface area contributed by atoms with Gasteiger partial charge in [-0.25, -0.2) is 0 Å². The van der Waals surface area contributed by atoms with Gasteiger partial charge in [0.25, 0.3) is 0 Å². The van der Waals surface area contributed by atoms with Gasteiger partial charge < -0.3 is 9.73 Å². The predicted octanol–water partition coefficient (Wildman–Crippen LogP) is 3.02. The number of nitrogens with one attached hydrogen (secondary N) is 1. The van der Waals surface area contributed by atoms with Crippen LogP contribution in [0, 0.1) is 0 Å². The molecule has 0 fully saturated rings. The van der Waals surface area contributed by atoms with Gasteiger partial charge in [0.15, 0.2) is 0 Å². The number of furan rings is 1. The highest BCUT2D eigenvalue weighted by Gasteiger charge is 2.23. The summed E-state index contributed by atoms with van der Waals surface area (Å²) in [5.41, 5.74) is 2.11. The second-order valence-electron chi connectivity index (χ2n) is 4.07. The molecule has 0 saturated carbocycles. The van der Waals surface area contributed by atoms with Crippen LogP contribution in [0.25, 0.3) is 0 Å². The fourth-order valence-corrected chi connectivity index (χ4v) is 2.50. The molecule has 0 spiro atoms. The van der Waals surface area contributed by atoms with Crippen molar-refractivity contribution >= 4 is 11.6 Å². The van der Waals surface area contributed by atoms with Crippen molar-refractivity contribution in [2.45, 2.75) is 32.9 Å². The van der Waals surface area contributed by atoms with Gasteiger partial charge in [0.2, 0.25) is 0 Å². The lowest BCUT2D eigenvalue weighted by atomic mass is 10.0. The summed E-state index contributed by atoms with van der Waals surface area (Å²) in [6.45, 7) is 4.92. The van der Waals surface area contributed by atoms with Crippen LogP contribution in [0.3, 0.4) is 0 Å². The van der Waals surface area contributed by atoms with Gasteiger partial charge in [0.1, 0.15) is 5.76 Å². The highest BCUT2D eigenvalue weighted by molar-refractivity contribution is 6.31. The Hall–Kier alpha value is -1.26. The van der Waals surface area contributed by atoms with Crippen molar-refractivity contribution in [3.05, 3.63) is 40.6 Å². The van der Waals surface area contributed by atoms with E-state index in [1.54, 1.807) is 12.5 Å². The van der Waals surface area contributed by atoms with Crippen LogP contribution in [0.15, 0.2) is 22.9 Å². The average molecular weight is 268 g/mol. The minimum absolute atomic E-state index is 0.00801. The molecule has 0 aliphatic heterocycles. The molecule has 2 aromatic rings. The van der Waals surface area contributed by atoms with E-state index in [9.17, 15) is 0 Å². The summed E-state index contributed by atoms with van der Waals surface area (Å²) < 4.78 is 7.41. The highest BCUT2D eigenvalue weighted by Crippen LogP contribution is 2.30. The van der Waals surface area contributed by atoms with E-state index in [0.29, 0.717) is 5.02 Å². The van der Waals surface area contributed by atoms with E-state index in [2.05, 4.69) is 24.3 Å². The monoisotopic (exact) mass is 267 g/mol. The van der Waals surface area contributed by atoms with Gasteiger partial charge in [-0.3, -0.25) is 4.68 Å². The van der Waals surface area contributed by atoms with Crippen molar-refractivity contribution in [2.75, 3.05) is 7.05 Å². The third-order valence-electron chi connectivity index (χ3n) is 3.11. The van der Waals surface area contributed by atoms with Gasteiger partial charge in [0, 0.05) is 18.5 Å². The van der Waals surface area contributed by atoms with Crippen LogP contribution in [0.5, 0.6) is 0 Å². The van der Waals surface area contributed by atoms with Gasteiger partial charge in [-0.2, -0.15) is 5.10 Å². The first-order valence-corrected chi connectivity index (χ1v) is 6.55. The number of aromatic nitrogens is 2. The van der Waals surface area contributed by atoms with E-state index in [0.717, 1.165) is 30.0 Å². The normalized spacial score (nSPS) is 12.9. The quantitative estimate of drug-likeness (QED) is 0.906. The fourth-order valence-electron chi connectivity index (χ4n) is 2.25. The topological polar surface area (TPSA) is 43.0 Å². The molecule has 0 radical (unpaired) electrons. The molecule has 2 heterocycles. The Labute approximate surface area is 112 Å². The number of hydrogen-bond donors (Lipinski definition) is 1. The number of nitrogens with zero attached hydrogens (tertiary/aromatic N) is 2. The van der Waals surface area contributed by atoms with E-state index in [-0.39, 0.29) is 6.04 Å². The number of halogens is 1. The van der Waals surface area contributed by atoms with Crippen molar-refractivity contribution < 1.29 is 4.42 Å². The smallest absolute Gasteiger partial charge is 0.108 e. The van der Waals surface area contributed by atoms with Gasteiger partial charge in [-0.05, 0) is 20.0 Å². The zero-order chi connectivity index (χ0) is 13.1. The predicted molar refractivity (Wildman–Crippen MR) is 71.9 cm³/mol. The molecule has 0 aliphatic rings. The molecule has 0 bridgehead atoms. The Morgan fingerprint density at radius 1 is 1.50 bits per heavy atom. The largest absolute Gasteiger partial charge is 0.469 e. The lowest BCUT2D eigenvalue weighted by Gasteiger charge is -2.18. The number of hydrogen-bond acceptors (Lipinski definition) is 3. The summed E-state index contributed by atoms with van der Waals surface area (Å²) in [6, 6.07) is 2.00. The van der Waals surface area contributed by atoms with Gasteiger partial charge in [0.05, 0.1) is 29.2 Å². The van der Waals surface area contributed by atoms with Gasteiger partial charge >= 0.3 is 0 Å². The fraction of sp³-hybridized carbons (Fsp3) is 0.462. The first-order chi connectivity index (χ1) is 8.72.